The molecule has 3 rings (SSSR count). The highest BCUT2D eigenvalue weighted by Gasteiger charge is 2.16. The second-order valence-corrected chi connectivity index (χ2v) is 4.78. The third-order valence-corrected chi connectivity index (χ3v) is 3.26. The summed E-state index contributed by atoms with van der Waals surface area (Å²) in [6.07, 6.45) is 5.33. The number of pyridine rings is 1. The molecule has 0 aliphatic carbocycles. The van der Waals surface area contributed by atoms with Gasteiger partial charge in [-0.1, -0.05) is 0 Å². The molecule has 0 aromatic carbocycles. The maximum atomic E-state index is 4.53. The highest BCUT2D eigenvalue weighted by molar-refractivity contribution is 5.56. The molecule has 0 radical (unpaired) electrons. The molecule has 1 aliphatic heterocycles. The van der Waals surface area contributed by atoms with Gasteiger partial charge in [0.05, 0.1) is 0 Å². The molecule has 1 unspecified atom stereocenters. The van der Waals surface area contributed by atoms with Crippen LogP contribution in [0.4, 0.5) is 5.82 Å². The van der Waals surface area contributed by atoms with Gasteiger partial charge in [0, 0.05) is 49.8 Å². The van der Waals surface area contributed by atoms with Gasteiger partial charge in [-0.15, -0.1) is 0 Å². The first kappa shape index (κ1) is 12.0. The Morgan fingerprint density at radius 1 is 1.21 bits per heavy atom. The lowest BCUT2D eigenvalue weighted by molar-refractivity contribution is 0.482. The molecule has 0 bridgehead atoms. The van der Waals surface area contributed by atoms with E-state index >= 15 is 0 Å². The number of hydrogen-bond donors (Lipinski definition) is 1. The van der Waals surface area contributed by atoms with E-state index in [-0.39, 0.29) is 0 Å². The summed E-state index contributed by atoms with van der Waals surface area (Å²) in [5.41, 5.74) is 0.951. The fourth-order valence-electron chi connectivity index (χ4n) is 2.29. The number of hydrogen-bond acceptors (Lipinski definition) is 5. The number of anilines is 1. The zero-order chi connectivity index (χ0) is 13.1. The van der Waals surface area contributed by atoms with Crippen LogP contribution in [0.2, 0.25) is 0 Å². The van der Waals surface area contributed by atoms with Gasteiger partial charge in [0.25, 0.3) is 0 Å². The van der Waals surface area contributed by atoms with Gasteiger partial charge in [-0.3, -0.25) is 0 Å². The van der Waals surface area contributed by atoms with Crippen molar-refractivity contribution in [3.05, 3.63) is 36.8 Å². The summed E-state index contributed by atoms with van der Waals surface area (Å²) in [4.78, 5) is 15.3. The largest absolute Gasteiger partial charge is 0.354 e. The van der Waals surface area contributed by atoms with Gasteiger partial charge in [-0.25, -0.2) is 15.0 Å². The monoisotopic (exact) mass is 255 g/mol. The van der Waals surface area contributed by atoms with Gasteiger partial charge in [-0.2, -0.15) is 0 Å². The molecule has 2 aromatic rings. The Labute approximate surface area is 112 Å². The number of nitrogens with zero attached hydrogens (tertiary/aromatic N) is 4. The van der Waals surface area contributed by atoms with Gasteiger partial charge < -0.3 is 10.2 Å². The number of nitrogens with one attached hydrogen (secondary N) is 1. The van der Waals surface area contributed by atoms with Gasteiger partial charge in [0.2, 0.25) is 0 Å². The molecule has 19 heavy (non-hydrogen) atoms. The van der Waals surface area contributed by atoms with E-state index in [0.717, 1.165) is 36.8 Å². The Morgan fingerprint density at radius 3 is 2.74 bits per heavy atom. The molecule has 1 fully saturated rings. The Bertz CT molecular complexity index is 525. The summed E-state index contributed by atoms with van der Waals surface area (Å²) >= 11 is 0. The van der Waals surface area contributed by atoms with Crippen molar-refractivity contribution in [1.29, 1.82) is 0 Å². The summed E-state index contributed by atoms with van der Waals surface area (Å²) in [7, 11) is 0. The molecule has 1 atom stereocenters. The highest BCUT2D eigenvalue weighted by Crippen LogP contribution is 2.18. The lowest BCUT2D eigenvalue weighted by Crippen LogP contribution is -2.49. The molecule has 3 heterocycles. The van der Waals surface area contributed by atoms with E-state index in [1.807, 2.05) is 24.4 Å². The predicted octanol–water partition coefficient (Wildman–Crippen LogP) is 1.34. The van der Waals surface area contributed by atoms with Crippen LogP contribution >= 0.6 is 0 Å². The van der Waals surface area contributed by atoms with Crippen LogP contribution in [0.15, 0.2) is 36.8 Å². The normalized spacial score (nSPS) is 19.4. The lowest BCUT2D eigenvalue weighted by Gasteiger charge is -2.32. The van der Waals surface area contributed by atoms with E-state index in [1.165, 1.54) is 0 Å². The third-order valence-electron chi connectivity index (χ3n) is 3.26. The van der Waals surface area contributed by atoms with Crippen LogP contribution in [0.25, 0.3) is 11.4 Å². The SMILES string of the molecule is CC1CN(c2ccc(-c3ncccn3)cn2)CCN1. The van der Waals surface area contributed by atoms with Crippen LogP contribution < -0.4 is 10.2 Å². The van der Waals surface area contributed by atoms with Crippen LogP contribution in [-0.4, -0.2) is 40.6 Å². The molecular formula is C14H17N5. The van der Waals surface area contributed by atoms with Gasteiger partial charge >= 0.3 is 0 Å². The maximum Gasteiger partial charge on any atom is 0.160 e. The van der Waals surface area contributed by atoms with E-state index in [2.05, 4.69) is 32.1 Å². The number of piperazine rings is 1. The van der Waals surface area contributed by atoms with E-state index < -0.39 is 0 Å². The third kappa shape index (κ3) is 2.71. The average molecular weight is 255 g/mol. The van der Waals surface area contributed by atoms with Crippen molar-refractivity contribution in [2.45, 2.75) is 13.0 Å². The molecule has 2 aromatic heterocycles. The summed E-state index contributed by atoms with van der Waals surface area (Å²) in [5.74, 6) is 1.74. The predicted molar refractivity (Wildman–Crippen MR) is 74.9 cm³/mol. The highest BCUT2D eigenvalue weighted by atomic mass is 15.2. The van der Waals surface area contributed by atoms with Crippen molar-refractivity contribution < 1.29 is 0 Å². The molecule has 1 saturated heterocycles. The van der Waals surface area contributed by atoms with Gasteiger partial charge in [0.1, 0.15) is 5.82 Å². The van der Waals surface area contributed by atoms with E-state index in [9.17, 15) is 0 Å². The van der Waals surface area contributed by atoms with E-state index in [1.54, 1.807) is 12.4 Å². The molecule has 0 amide bonds. The van der Waals surface area contributed by atoms with Gasteiger partial charge in [-0.05, 0) is 25.1 Å². The van der Waals surface area contributed by atoms with Crippen molar-refractivity contribution in [3.63, 3.8) is 0 Å². The number of rotatable bonds is 2. The Kier molecular flexibility index (Phi) is 3.37. The minimum Gasteiger partial charge on any atom is -0.354 e. The number of aromatic nitrogens is 3. The Balaban J connectivity index is 1.79. The zero-order valence-corrected chi connectivity index (χ0v) is 11.0. The molecule has 5 nitrogen and oxygen atoms in total. The quantitative estimate of drug-likeness (QED) is 0.877. The molecule has 98 valence electrons. The lowest BCUT2D eigenvalue weighted by atomic mass is 10.2. The first-order valence-electron chi connectivity index (χ1n) is 6.55. The topological polar surface area (TPSA) is 53.9 Å². The first-order valence-corrected chi connectivity index (χ1v) is 6.55. The second kappa shape index (κ2) is 5.32. The molecule has 0 saturated carbocycles. The summed E-state index contributed by atoms with van der Waals surface area (Å²) in [6, 6.07) is 6.40. The smallest absolute Gasteiger partial charge is 0.160 e. The molecule has 1 N–H and O–H groups in total. The fraction of sp³-hybridized carbons (Fsp3) is 0.357. The van der Waals surface area contributed by atoms with E-state index in [0.29, 0.717) is 6.04 Å². The molecule has 0 spiro atoms. The van der Waals surface area contributed by atoms with Gasteiger partial charge in [0.15, 0.2) is 5.82 Å². The van der Waals surface area contributed by atoms with Crippen molar-refractivity contribution in [3.8, 4) is 11.4 Å². The summed E-state index contributed by atoms with van der Waals surface area (Å²) < 4.78 is 0. The van der Waals surface area contributed by atoms with Crippen LogP contribution in [0.3, 0.4) is 0 Å². The van der Waals surface area contributed by atoms with Crippen molar-refractivity contribution >= 4 is 5.82 Å². The standard InChI is InChI=1S/C14H17N5/c1-11-10-19(8-7-15-11)13-4-3-12(9-18-13)14-16-5-2-6-17-14/h2-6,9,11,15H,7-8,10H2,1H3. The van der Waals surface area contributed by atoms with Crippen molar-refractivity contribution in [2.75, 3.05) is 24.5 Å². The molecule has 1 aliphatic rings. The summed E-state index contributed by atoms with van der Waals surface area (Å²) in [5, 5.41) is 3.43. The average Bonchev–Trinajstić information content (AvgIpc) is 2.48. The van der Waals surface area contributed by atoms with Crippen LogP contribution in [0, 0.1) is 0 Å². The van der Waals surface area contributed by atoms with E-state index in [4.69, 9.17) is 0 Å². The fourth-order valence-corrected chi connectivity index (χ4v) is 2.29. The van der Waals surface area contributed by atoms with Crippen LogP contribution in [0.1, 0.15) is 6.92 Å². The Hall–Kier alpha value is -2.01. The molecule has 5 heteroatoms. The minimum atomic E-state index is 0.507. The van der Waals surface area contributed by atoms with Crippen molar-refractivity contribution in [2.24, 2.45) is 0 Å². The van der Waals surface area contributed by atoms with Crippen LogP contribution in [-0.2, 0) is 0 Å². The maximum absolute atomic E-state index is 4.53. The Morgan fingerprint density at radius 2 is 2.05 bits per heavy atom. The second-order valence-electron chi connectivity index (χ2n) is 4.78. The first-order chi connectivity index (χ1) is 9.33. The summed E-state index contributed by atoms with van der Waals surface area (Å²) in [6.45, 7) is 5.19. The van der Waals surface area contributed by atoms with Crippen LogP contribution in [0.5, 0.6) is 0 Å². The van der Waals surface area contributed by atoms with Crippen molar-refractivity contribution in [1.82, 2.24) is 20.3 Å². The minimum absolute atomic E-state index is 0.507. The zero-order valence-electron chi connectivity index (χ0n) is 11.0. The molecular weight excluding hydrogens is 238 g/mol.